The van der Waals surface area contributed by atoms with E-state index in [-0.39, 0.29) is 24.6 Å². The number of alkyl halides is 1. The third-order valence-corrected chi connectivity index (χ3v) is 2.74. The third kappa shape index (κ3) is 2.68. The van der Waals surface area contributed by atoms with Crippen molar-refractivity contribution < 1.29 is 9.50 Å². The zero-order valence-electron chi connectivity index (χ0n) is 9.27. The molecule has 0 amide bonds. The summed E-state index contributed by atoms with van der Waals surface area (Å²) in [5.41, 5.74) is 6.51. The Kier molecular flexibility index (Phi) is 4.73. The minimum Gasteiger partial charge on any atom is -0.508 e. The fourth-order valence-electron chi connectivity index (χ4n) is 1.94. The first-order valence-electron chi connectivity index (χ1n) is 5.26. The van der Waals surface area contributed by atoms with Crippen molar-refractivity contribution in [1.29, 1.82) is 0 Å². The van der Waals surface area contributed by atoms with Crippen molar-refractivity contribution in [3.8, 4) is 5.75 Å². The second-order valence-corrected chi connectivity index (χ2v) is 3.80. The molecule has 17 heavy (non-hydrogen) atoms. The summed E-state index contributed by atoms with van der Waals surface area (Å²) in [5, 5.41) is 11.7. The first kappa shape index (κ1) is 13.7. The molecular formula is C13H15ClFNO. The van der Waals surface area contributed by atoms with E-state index in [1.54, 1.807) is 6.07 Å². The van der Waals surface area contributed by atoms with Gasteiger partial charge in [-0.3, -0.25) is 4.39 Å². The van der Waals surface area contributed by atoms with Gasteiger partial charge in [0, 0.05) is 11.6 Å². The summed E-state index contributed by atoms with van der Waals surface area (Å²) >= 11 is 0. The number of aromatic hydroxyl groups is 1. The molecule has 0 bridgehead atoms. The van der Waals surface area contributed by atoms with Crippen molar-refractivity contribution in [1.82, 2.24) is 0 Å². The van der Waals surface area contributed by atoms with Crippen LogP contribution in [0.5, 0.6) is 5.75 Å². The minimum atomic E-state index is -0.482. The van der Waals surface area contributed by atoms with Gasteiger partial charge in [-0.2, -0.15) is 0 Å². The Morgan fingerprint density at radius 2 is 1.88 bits per heavy atom. The summed E-state index contributed by atoms with van der Waals surface area (Å²) < 4.78 is 12.3. The van der Waals surface area contributed by atoms with Crippen LogP contribution < -0.4 is 5.73 Å². The molecule has 0 saturated carbocycles. The van der Waals surface area contributed by atoms with Gasteiger partial charge in [0.15, 0.2) is 0 Å². The molecule has 0 radical (unpaired) electrons. The zero-order chi connectivity index (χ0) is 11.5. The number of halogens is 2. The largest absolute Gasteiger partial charge is 0.508 e. The van der Waals surface area contributed by atoms with Crippen LogP contribution in [-0.2, 0) is 0 Å². The fourth-order valence-corrected chi connectivity index (χ4v) is 1.94. The molecule has 0 spiro atoms. The first-order valence-corrected chi connectivity index (χ1v) is 5.26. The maximum atomic E-state index is 12.3. The highest BCUT2D eigenvalue weighted by Gasteiger charge is 2.14. The van der Waals surface area contributed by atoms with Gasteiger partial charge in [-0.25, -0.2) is 0 Å². The summed E-state index contributed by atoms with van der Waals surface area (Å²) in [7, 11) is 0. The van der Waals surface area contributed by atoms with Gasteiger partial charge >= 0.3 is 0 Å². The highest BCUT2D eigenvalue weighted by molar-refractivity contribution is 5.88. The number of rotatable bonds is 3. The lowest BCUT2D eigenvalue weighted by molar-refractivity contribution is 0.426. The van der Waals surface area contributed by atoms with E-state index >= 15 is 0 Å². The number of fused-ring (bicyclic) bond motifs is 1. The number of benzene rings is 2. The zero-order valence-corrected chi connectivity index (χ0v) is 10.1. The Balaban J connectivity index is 0.00000144. The SMILES string of the molecule is Cl.N[C@@H](CCF)c1c(O)ccc2ccccc12. The average Bonchev–Trinajstić information content (AvgIpc) is 2.29. The molecule has 1 atom stereocenters. The lowest BCUT2D eigenvalue weighted by Crippen LogP contribution is -2.11. The van der Waals surface area contributed by atoms with Crippen LogP contribution in [0.2, 0.25) is 0 Å². The van der Waals surface area contributed by atoms with Gasteiger partial charge in [0.05, 0.1) is 6.67 Å². The van der Waals surface area contributed by atoms with E-state index in [1.807, 2.05) is 30.3 Å². The highest BCUT2D eigenvalue weighted by atomic mass is 35.5. The summed E-state index contributed by atoms with van der Waals surface area (Å²) in [6.45, 7) is -0.482. The summed E-state index contributed by atoms with van der Waals surface area (Å²) in [6, 6.07) is 10.6. The van der Waals surface area contributed by atoms with Crippen LogP contribution in [-0.4, -0.2) is 11.8 Å². The molecule has 0 aliphatic carbocycles. The van der Waals surface area contributed by atoms with Crippen molar-refractivity contribution in [3.63, 3.8) is 0 Å². The van der Waals surface area contributed by atoms with E-state index in [0.29, 0.717) is 5.56 Å². The van der Waals surface area contributed by atoms with Gasteiger partial charge in [0.1, 0.15) is 5.75 Å². The lowest BCUT2D eigenvalue weighted by atomic mass is 9.96. The summed E-state index contributed by atoms with van der Waals surface area (Å²) in [6.07, 6.45) is 0.224. The molecule has 92 valence electrons. The van der Waals surface area contributed by atoms with Gasteiger partial charge in [0.2, 0.25) is 0 Å². The van der Waals surface area contributed by atoms with Gasteiger partial charge < -0.3 is 10.8 Å². The van der Waals surface area contributed by atoms with Crippen LogP contribution in [0.25, 0.3) is 10.8 Å². The van der Waals surface area contributed by atoms with Gasteiger partial charge in [-0.05, 0) is 23.3 Å². The van der Waals surface area contributed by atoms with Gasteiger partial charge in [-0.15, -0.1) is 12.4 Å². The minimum absolute atomic E-state index is 0. The van der Waals surface area contributed by atoms with Crippen molar-refractivity contribution in [2.24, 2.45) is 5.73 Å². The highest BCUT2D eigenvalue weighted by Crippen LogP contribution is 2.32. The molecule has 0 unspecified atom stereocenters. The van der Waals surface area contributed by atoms with E-state index in [9.17, 15) is 9.50 Å². The standard InChI is InChI=1S/C13H14FNO.ClH/c14-8-7-11(15)13-10-4-2-1-3-9(10)5-6-12(13)16;/h1-6,11,16H,7-8,15H2;1H/t11-;/m0./s1. The van der Waals surface area contributed by atoms with Gasteiger partial charge in [-0.1, -0.05) is 30.3 Å². The number of phenolic OH excluding ortho intramolecular Hbond substituents is 1. The molecule has 3 N–H and O–H groups in total. The number of hydrogen-bond acceptors (Lipinski definition) is 2. The second kappa shape index (κ2) is 5.84. The van der Waals surface area contributed by atoms with Crippen LogP contribution in [0.1, 0.15) is 18.0 Å². The van der Waals surface area contributed by atoms with Crippen LogP contribution in [0.3, 0.4) is 0 Å². The molecule has 0 aromatic heterocycles. The van der Waals surface area contributed by atoms with E-state index in [1.165, 1.54) is 0 Å². The number of hydrogen-bond donors (Lipinski definition) is 2. The Labute approximate surface area is 106 Å². The molecule has 0 aliphatic heterocycles. The van der Waals surface area contributed by atoms with Crippen molar-refractivity contribution in [2.75, 3.05) is 6.67 Å². The third-order valence-electron chi connectivity index (χ3n) is 2.74. The molecule has 0 saturated heterocycles. The van der Waals surface area contributed by atoms with E-state index in [2.05, 4.69) is 0 Å². The van der Waals surface area contributed by atoms with Gasteiger partial charge in [0.25, 0.3) is 0 Å². The monoisotopic (exact) mass is 255 g/mol. The quantitative estimate of drug-likeness (QED) is 0.884. The normalized spacial score (nSPS) is 12.1. The Morgan fingerprint density at radius 3 is 2.59 bits per heavy atom. The van der Waals surface area contributed by atoms with E-state index in [0.717, 1.165) is 10.8 Å². The second-order valence-electron chi connectivity index (χ2n) is 3.80. The molecule has 2 aromatic rings. The Morgan fingerprint density at radius 1 is 1.18 bits per heavy atom. The molecule has 2 rings (SSSR count). The van der Waals surface area contributed by atoms with Crippen molar-refractivity contribution in [3.05, 3.63) is 42.0 Å². The van der Waals surface area contributed by atoms with Crippen LogP contribution in [0, 0.1) is 0 Å². The van der Waals surface area contributed by atoms with Crippen molar-refractivity contribution >= 4 is 23.2 Å². The maximum absolute atomic E-state index is 12.3. The van der Waals surface area contributed by atoms with Crippen LogP contribution in [0.4, 0.5) is 4.39 Å². The lowest BCUT2D eigenvalue weighted by Gasteiger charge is -2.14. The molecule has 0 aliphatic rings. The smallest absolute Gasteiger partial charge is 0.120 e. The topological polar surface area (TPSA) is 46.2 Å². The Bertz CT molecular complexity index is 504. The molecule has 0 heterocycles. The fraction of sp³-hybridized carbons (Fsp3) is 0.231. The van der Waals surface area contributed by atoms with Crippen LogP contribution in [0.15, 0.2) is 36.4 Å². The molecule has 2 nitrogen and oxygen atoms in total. The maximum Gasteiger partial charge on any atom is 0.120 e. The summed E-state index contributed by atoms with van der Waals surface area (Å²) in [4.78, 5) is 0. The molecule has 4 heteroatoms. The summed E-state index contributed by atoms with van der Waals surface area (Å²) in [5.74, 6) is 0.139. The Hall–Kier alpha value is -1.32. The predicted molar refractivity (Wildman–Crippen MR) is 70.4 cm³/mol. The number of phenols is 1. The van der Waals surface area contributed by atoms with E-state index in [4.69, 9.17) is 5.73 Å². The van der Waals surface area contributed by atoms with Crippen molar-refractivity contribution in [2.45, 2.75) is 12.5 Å². The van der Waals surface area contributed by atoms with Crippen LogP contribution >= 0.6 is 12.4 Å². The average molecular weight is 256 g/mol. The molecular weight excluding hydrogens is 241 g/mol. The molecule has 2 aromatic carbocycles. The number of nitrogens with two attached hydrogens (primary N) is 1. The predicted octanol–water partition coefficient (Wildman–Crippen LogP) is 3.33. The first-order chi connectivity index (χ1) is 7.74. The molecule has 0 fully saturated rings. The van der Waals surface area contributed by atoms with E-state index < -0.39 is 12.7 Å².